The molecule has 0 radical (unpaired) electrons. The van der Waals surface area contributed by atoms with Gasteiger partial charge >= 0.3 is 6.18 Å². The molecule has 1 rings (SSSR count). The Morgan fingerprint density at radius 2 is 1.83 bits per heavy atom. The van der Waals surface area contributed by atoms with E-state index in [9.17, 15) is 13.2 Å². The minimum absolute atomic E-state index is 0.148. The SMILES string of the molecule is Cc1cccc(Cl)c1C(F)(F)F. The van der Waals surface area contributed by atoms with Gasteiger partial charge in [-0.2, -0.15) is 13.2 Å². The molecule has 0 unspecified atom stereocenters. The molecular formula is C8H6ClF3. The number of rotatable bonds is 0. The molecule has 4 heteroatoms. The van der Waals surface area contributed by atoms with Crippen LogP contribution >= 0.6 is 11.6 Å². The van der Waals surface area contributed by atoms with E-state index in [-0.39, 0.29) is 10.6 Å². The molecule has 0 atom stereocenters. The summed E-state index contributed by atoms with van der Waals surface area (Å²) in [5.74, 6) is 0. The first-order valence-corrected chi connectivity index (χ1v) is 3.63. The van der Waals surface area contributed by atoms with E-state index >= 15 is 0 Å². The first-order chi connectivity index (χ1) is 5.43. The highest BCUT2D eigenvalue weighted by Gasteiger charge is 2.34. The Bertz CT molecular complexity index is 271. The highest BCUT2D eigenvalue weighted by atomic mass is 35.5. The third-order valence-corrected chi connectivity index (χ3v) is 1.82. The second kappa shape index (κ2) is 2.98. The Morgan fingerprint density at radius 1 is 1.25 bits per heavy atom. The van der Waals surface area contributed by atoms with E-state index < -0.39 is 11.7 Å². The lowest BCUT2D eigenvalue weighted by Crippen LogP contribution is -2.07. The molecule has 0 nitrogen and oxygen atoms in total. The number of alkyl halides is 3. The molecule has 0 N–H and O–H groups in total. The van der Waals surface area contributed by atoms with E-state index in [0.29, 0.717) is 0 Å². The van der Waals surface area contributed by atoms with Crippen LogP contribution in [0.4, 0.5) is 13.2 Å². The summed E-state index contributed by atoms with van der Waals surface area (Å²) in [5, 5.41) is -0.248. The number of benzene rings is 1. The van der Waals surface area contributed by atoms with Crippen LogP contribution < -0.4 is 0 Å². The van der Waals surface area contributed by atoms with E-state index in [2.05, 4.69) is 0 Å². The normalized spacial score (nSPS) is 11.8. The molecule has 0 amide bonds. The molecule has 0 saturated heterocycles. The average Bonchev–Trinajstić information content (AvgIpc) is 1.82. The van der Waals surface area contributed by atoms with E-state index in [1.165, 1.54) is 25.1 Å². The van der Waals surface area contributed by atoms with E-state index in [4.69, 9.17) is 11.6 Å². The Kier molecular flexibility index (Phi) is 2.33. The van der Waals surface area contributed by atoms with Gasteiger partial charge in [-0.3, -0.25) is 0 Å². The van der Waals surface area contributed by atoms with E-state index in [1.807, 2.05) is 0 Å². The summed E-state index contributed by atoms with van der Waals surface area (Å²) in [5.41, 5.74) is -0.596. The molecule has 66 valence electrons. The van der Waals surface area contributed by atoms with Gasteiger partial charge in [0.25, 0.3) is 0 Å². The maximum absolute atomic E-state index is 12.2. The van der Waals surface area contributed by atoms with Gasteiger partial charge in [0, 0.05) is 0 Å². The van der Waals surface area contributed by atoms with Gasteiger partial charge in [-0.1, -0.05) is 23.7 Å². The van der Waals surface area contributed by atoms with Crippen LogP contribution in [0.15, 0.2) is 18.2 Å². The van der Waals surface area contributed by atoms with Crippen LogP contribution in [-0.2, 0) is 6.18 Å². The molecule has 1 aromatic carbocycles. The zero-order valence-electron chi connectivity index (χ0n) is 6.24. The maximum Gasteiger partial charge on any atom is 0.418 e. The Hall–Kier alpha value is -0.700. The van der Waals surface area contributed by atoms with Crippen molar-refractivity contribution in [3.8, 4) is 0 Å². The predicted octanol–water partition coefficient (Wildman–Crippen LogP) is 3.67. The van der Waals surface area contributed by atoms with Gasteiger partial charge in [-0.25, -0.2) is 0 Å². The second-order valence-electron chi connectivity index (χ2n) is 2.43. The monoisotopic (exact) mass is 194 g/mol. The Balaban J connectivity index is 3.31. The lowest BCUT2D eigenvalue weighted by molar-refractivity contribution is -0.137. The van der Waals surface area contributed by atoms with Crippen LogP contribution in [0.3, 0.4) is 0 Å². The highest BCUT2D eigenvalue weighted by molar-refractivity contribution is 6.31. The van der Waals surface area contributed by atoms with Crippen LogP contribution in [0.25, 0.3) is 0 Å². The zero-order valence-corrected chi connectivity index (χ0v) is 7.00. The number of halogens is 4. The number of aryl methyl sites for hydroxylation is 1. The highest BCUT2D eigenvalue weighted by Crippen LogP contribution is 2.36. The van der Waals surface area contributed by atoms with Crippen molar-refractivity contribution in [2.24, 2.45) is 0 Å². The van der Waals surface area contributed by atoms with Gasteiger partial charge in [0.15, 0.2) is 0 Å². The lowest BCUT2D eigenvalue weighted by atomic mass is 10.1. The molecule has 0 aliphatic heterocycles. The zero-order chi connectivity index (χ0) is 9.35. The van der Waals surface area contributed by atoms with Crippen molar-refractivity contribution in [3.63, 3.8) is 0 Å². The molecule has 0 saturated carbocycles. The second-order valence-corrected chi connectivity index (χ2v) is 2.84. The molecule has 0 heterocycles. The Morgan fingerprint density at radius 3 is 2.17 bits per heavy atom. The first kappa shape index (κ1) is 9.39. The molecule has 12 heavy (non-hydrogen) atoms. The quantitative estimate of drug-likeness (QED) is 0.591. The number of hydrogen-bond acceptors (Lipinski definition) is 0. The van der Waals surface area contributed by atoms with Crippen molar-refractivity contribution < 1.29 is 13.2 Å². The third kappa shape index (κ3) is 1.72. The smallest absolute Gasteiger partial charge is 0.166 e. The summed E-state index contributed by atoms with van der Waals surface area (Å²) in [6.45, 7) is 1.38. The molecule has 0 aliphatic rings. The van der Waals surface area contributed by atoms with Crippen LogP contribution in [0, 0.1) is 6.92 Å². The molecule has 0 aliphatic carbocycles. The van der Waals surface area contributed by atoms with Gasteiger partial charge in [0.05, 0.1) is 10.6 Å². The van der Waals surface area contributed by atoms with Crippen LogP contribution in [0.1, 0.15) is 11.1 Å². The summed E-state index contributed by atoms with van der Waals surface area (Å²) >= 11 is 5.39. The summed E-state index contributed by atoms with van der Waals surface area (Å²) < 4.78 is 36.7. The number of hydrogen-bond donors (Lipinski definition) is 0. The standard InChI is InChI=1S/C8H6ClF3/c1-5-3-2-4-6(9)7(5)8(10,11)12/h2-4H,1H3. The van der Waals surface area contributed by atoms with Crippen LogP contribution in [-0.4, -0.2) is 0 Å². The fraction of sp³-hybridized carbons (Fsp3) is 0.250. The molecule has 0 fully saturated rings. The summed E-state index contributed by atoms with van der Waals surface area (Å²) in [6, 6.07) is 4.11. The van der Waals surface area contributed by atoms with Crippen molar-refractivity contribution in [2.45, 2.75) is 13.1 Å². The maximum atomic E-state index is 12.2. The minimum Gasteiger partial charge on any atom is -0.166 e. The molecule has 0 aromatic heterocycles. The van der Waals surface area contributed by atoms with E-state index in [0.717, 1.165) is 0 Å². The molecule has 0 bridgehead atoms. The molecule has 1 aromatic rings. The summed E-state index contributed by atoms with van der Waals surface area (Å²) in [6.07, 6.45) is -4.36. The molecule has 0 spiro atoms. The van der Waals surface area contributed by atoms with Crippen LogP contribution in [0.5, 0.6) is 0 Å². The van der Waals surface area contributed by atoms with Crippen LogP contribution in [0.2, 0.25) is 5.02 Å². The lowest BCUT2D eigenvalue weighted by Gasteiger charge is -2.10. The topological polar surface area (TPSA) is 0 Å². The van der Waals surface area contributed by atoms with Crippen molar-refractivity contribution in [1.29, 1.82) is 0 Å². The van der Waals surface area contributed by atoms with Gasteiger partial charge in [-0.05, 0) is 18.6 Å². The fourth-order valence-electron chi connectivity index (χ4n) is 0.991. The fourth-order valence-corrected chi connectivity index (χ4v) is 1.32. The van der Waals surface area contributed by atoms with Crippen molar-refractivity contribution in [1.82, 2.24) is 0 Å². The summed E-state index contributed by atoms with van der Waals surface area (Å²) in [7, 11) is 0. The van der Waals surface area contributed by atoms with Crippen molar-refractivity contribution >= 4 is 11.6 Å². The van der Waals surface area contributed by atoms with Gasteiger partial charge in [0.1, 0.15) is 0 Å². The van der Waals surface area contributed by atoms with Gasteiger partial charge in [-0.15, -0.1) is 0 Å². The molecular weight excluding hydrogens is 189 g/mol. The Labute approximate surface area is 73.0 Å². The largest absolute Gasteiger partial charge is 0.418 e. The van der Waals surface area contributed by atoms with Gasteiger partial charge < -0.3 is 0 Å². The predicted molar refractivity (Wildman–Crippen MR) is 41.2 cm³/mol. The van der Waals surface area contributed by atoms with Crippen molar-refractivity contribution in [3.05, 3.63) is 34.3 Å². The minimum atomic E-state index is -4.36. The average molecular weight is 195 g/mol. The summed E-state index contributed by atoms with van der Waals surface area (Å²) in [4.78, 5) is 0. The third-order valence-electron chi connectivity index (χ3n) is 1.51. The van der Waals surface area contributed by atoms with Gasteiger partial charge in [0.2, 0.25) is 0 Å². The van der Waals surface area contributed by atoms with E-state index in [1.54, 1.807) is 0 Å². The first-order valence-electron chi connectivity index (χ1n) is 3.25. The van der Waals surface area contributed by atoms with Crippen molar-refractivity contribution in [2.75, 3.05) is 0 Å².